The van der Waals surface area contributed by atoms with Crippen LogP contribution >= 0.6 is 0 Å². The van der Waals surface area contributed by atoms with Gasteiger partial charge in [0.15, 0.2) is 5.82 Å². The molecule has 5 heteroatoms. The summed E-state index contributed by atoms with van der Waals surface area (Å²) in [5.74, 6) is 7.61. The van der Waals surface area contributed by atoms with Gasteiger partial charge in [-0.05, 0) is 101 Å². The average molecular weight is 508 g/mol. The highest BCUT2D eigenvalue weighted by atomic mass is 15.1. The summed E-state index contributed by atoms with van der Waals surface area (Å²) in [6.45, 7) is 4.39. The number of allylic oxidation sites excluding steroid dienone is 2. The van der Waals surface area contributed by atoms with Gasteiger partial charge >= 0.3 is 0 Å². The van der Waals surface area contributed by atoms with Gasteiger partial charge in [0.1, 0.15) is 17.5 Å². The number of aryl methyl sites for hydroxylation is 2. The molecule has 4 saturated carbocycles. The van der Waals surface area contributed by atoms with E-state index in [1.807, 2.05) is 6.92 Å². The van der Waals surface area contributed by atoms with Gasteiger partial charge in [-0.15, -0.1) is 0 Å². The Morgan fingerprint density at radius 3 is 2.34 bits per heavy atom. The van der Waals surface area contributed by atoms with Crippen molar-refractivity contribution in [2.45, 2.75) is 89.4 Å². The molecule has 3 aromatic rings. The van der Waals surface area contributed by atoms with Crippen molar-refractivity contribution < 1.29 is 0 Å². The van der Waals surface area contributed by atoms with Crippen molar-refractivity contribution >= 4 is 0 Å². The van der Waals surface area contributed by atoms with Crippen LogP contribution in [0.25, 0.3) is 22.8 Å². The van der Waals surface area contributed by atoms with E-state index in [1.54, 1.807) is 0 Å². The molecule has 2 aromatic heterocycles. The highest BCUT2D eigenvalue weighted by Crippen LogP contribution is 2.60. The lowest BCUT2D eigenvalue weighted by Crippen LogP contribution is -2.49. The second-order valence-electron chi connectivity index (χ2n) is 13.2. The highest BCUT2D eigenvalue weighted by Gasteiger charge is 2.53. The lowest BCUT2D eigenvalue weighted by molar-refractivity contribution is -0.00959. The number of nitrogens with zero attached hydrogens (tertiary/aromatic N) is 5. The molecule has 4 fully saturated rings. The van der Waals surface area contributed by atoms with Crippen LogP contribution in [-0.4, -0.2) is 24.5 Å². The molecule has 8 rings (SSSR count). The molecular weight excluding hydrogens is 466 g/mol. The quantitative estimate of drug-likeness (QED) is 0.323. The number of benzene rings is 1. The van der Waals surface area contributed by atoms with Gasteiger partial charge in [0, 0.05) is 35.7 Å². The fourth-order valence-electron chi connectivity index (χ4n) is 8.72. The van der Waals surface area contributed by atoms with E-state index in [9.17, 15) is 0 Å². The van der Waals surface area contributed by atoms with Gasteiger partial charge in [0.25, 0.3) is 0 Å². The van der Waals surface area contributed by atoms with Gasteiger partial charge in [-0.25, -0.2) is 19.9 Å². The predicted octanol–water partition coefficient (Wildman–Crippen LogP) is 7.57. The molecule has 0 amide bonds. The lowest BCUT2D eigenvalue weighted by atomic mass is 9.49. The summed E-state index contributed by atoms with van der Waals surface area (Å²) in [4.78, 5) is 20.6. The molecular formula is C33H41N5. The summed E-state index contributed by atoms with van der Waals surface area (Å²) in [5.41, 5.74) is 3.37. The second-order valence-corrected chi connectivity index (χ2v) is 13.2. The minimum Gasteiger partial charge on any atom is -0.334 e. The smallest absolute Gasteiger partial charge is 0.163 e. The van der Waals surface area contributed by atoms with Gasteiger partial charge < -0.3 is 4.57 Å². The molecule has 0 radical (unpaired) electrons. The fraction of sp³-hybridized carbons (Fsp3) is 0.576. The Labute approximate surface area is 227 Å². The monoisotopic (exact) mass is 507 g/mol. The van der Waals surface area contributed by atoms with Crippen molar-refractivity contribution in [3.05, 3.63) is 60.0 Å². The maximum atomic E-state index is 5.36. The van der Waals surface area contributed by atoms with Crippen LogP contribution in [0.3, 0.4) is 0 Å². The molecule has 0 spiro atoms. The number of hydrogen-bond acceptors (Lipinski definition) is 4. The average Bonchev–Trinajstić information content (AvgIpc) is 3.26. The Morgan fingerprint density at radius 1 is 0.947 bits per heavy atom. The zero-order valence-corrected chi connectivity index (χ0v) is 23.2. The third-order valence-corrected chi connectivity index (χ3v) is 10.0. The largest absolute Gasteiger partial charge is 0.334 e. The van der Waals surface area contributed by atoms with Crippen LogP contribution in [0.2, 0.25) is 0 Å². The standard InChI is InChI=1S/C33H41N5/c1-21(12-23-8-5-4-6-9-23)29-35-30(27-10-7-11-28(16-27)31-34-22(2)20-38(31)3)37-32(36-29)33-17-24-13-25(18-33)15-26(14-24)19-33/h4-5,7,10-11,16,20-21,23-26H,6,8-9,12-15,17-19H2,1-3H3. The Kier molecular flexibility index (Phi) is 6.01. The summed E-state index contributed by atoms with van der Waals surface area (Å²) in [5, 5.41) is 0. The first-order valence-electron chi connectivity index (χ1n) is 15.0. The Bertz CT molecular complexity index is 1330. The molecule has 4 bridgehead atoms. The van der Waals surface area contributed by atoms with Crippen LogP contribution in [0.5, 0.6) is 0 Å². The van der Waals surface area contributed by atoms with Crippen molar-refractivity contribution in [3.8, 4) is 22.8 Å². The first-order chi connectivity index (χ1) is 18.4. The van der Waals surface area contributed by atoms with Crippen molar-refractivity contribution in [2.24, 2.45) is 30.7 Å². The van der Waals surface area contributed by atoms with Crippen molar-refractivity contribution in [1.29, 1.82) is 0 Å². The van der Waals surface area contributed by atoms with Gasteiger partial charge in [-0.3, -0.25) is 0 Å². The molecule has 2 unspecified atom stereocenters. The van der Waals surface area contributed by atoms with E-state index < -0.39 is 0 Å². The van der Waals surface area contributed by atoms with Crippen LogP contribution in [0, 0.1) is 30.6 Å². The van der Waals surface area contributed by atoms with Crippen molar-refractivity contribution in [3.63, 3.8) is 0 Å². The van der Waals surface area contributed by atoms with Gasteiger partial charge in [-0.1, -0.05) is 37.3 Å². The molecule has 2 atom stereocenters. The predicted molar refractivity (Wildman–Crippen MR) is 152 cm³/mol. The summed E-state index contributed by atoms with van der Waals surface area (Å²) in [6, 6.07) is 8.66. The van der Waals surface area contributed by atoms with Crippen LogP contribution in [0.4, 0.5) is 0 Å². The zero-order valence-electron chi connectivity index (χ0n) is 23.2. The van der Waals surface area contributed by atoms with Gasteiger partial charge in [0.05, 0.1) is 5.69 Å². The molecule has 0 N–H and O–H groups in total. The Balaban J connectivity index is 1.29. The van der Waals surface area contributed by atoms with Crippen molar-refractivity contribution in [2.75, 3.05) is 0 Å². The Morgan fingerprint density at radius 2 is 1.68 bits per heavy atom. The molecule has 5 aliphatic rings. The number of rotatable bonds is 6. The zero-order chi connectivity index (χ0) is 25.9. The van der Waals surface area contributed by atoms with Crippen LogP contribution < -0.4 is 0 Å². The van der Waals surface area contributed by atoms with E-state index in [4.69, 9.17) is 19.9 Å². The van der Waals surface area contributed by atoms with E-state index >= 15 is 0 Å². The van der Waals surface area contributed by atoms with Crippen LogP contribution in [0.1, 0.15) is 94.4 Å². The topological polar surface area (TPSA) is 56.5 Å². The van der Waals surface area contributed by atoms with Gasteiger partial charge in [-0.2, -0.15) is 0 Å². The summed E-state index contributed by atoms with van der Waals surface area (Å²) in [7, 11) is 2.07. The van der Waals surface area contributed by atoms with Crippen LogP contribution in [0.15, 0.2) is 42.6 Å². The highest BCUT2D eigenvalue weighted by molar-refractivity contribution is 5.66. The third kappa shape index (κ3) is 4.42. The second kappa shape index (κ2) is 9.43. The van der Waals surface area contributed by atoms with Gasteiger partial charge in [0.2, 0.25) is 0 Å². The number of aromatic nitrogens is 5. The van der Waals surface area contributed by atoms with E-state index in [1.165, 1.54) is 57.8 Å². The molecule has 2 heterocycles. The number of imidazole rings is 1. The first-order valence-corrected chi connectivity index (χ1v) is 15.0. The molecule has 0 aliphatic heterocycles. The minimum atomic E-state index is 0.156. The van der Waals surface area contributed by atoms with Crippen molar-refractivity contribution in [1.82, 2.24) is 24.5 Å². The summed E-state index contributed by atoms with van der Waals surface area (Å²) >= 11 is 0. The summed E-state index contributed by atoms with van der Waals surface area (Å²) < 4.78 is 2.11. The maximum absolute atomic E-state index is 5.36. The third-order valence-electron chi connectivity index (χ3n) is 10.0. The molecule has 198 valence electrons. The lowest BCUT2D eigenvalue weighted by Gasteiger charge is -2.56. The first kappa shape index (κ1) is 24.2. The minimum absolute atomic E-state index is 0.156. The molecule has 0 saturated heterocycles. The Hall–Kier alpha value is -2.82. The normalized spacial score (nSPS) is 30.6. The molecule has 38 heavy (non-hydrogen) atoms. The molecule has 5 nitrogen and oxygen atoms in total. The summed E-state index contributed by atoms with van der Waals surface area (Å²) in [6.07, 6.45) is 19.7. The maximum Gasteiger partial charge on any atom is 0.163 e. The van der Waals surface area contributed by atoms with E-state index in [0.29, 0.717) is 5.92 Å². The molecule has 1 aromatic carbocycles. The molecule has 5 aliphatic carbocycles. The van der Waals surface area contributed by atoms with E-state index in [0.717, 1.165) is 70.2 Å². The SMILES string of the molecule is Cc1cn(C)c(-c2cccc(-c3nc(C(C)CC4CC=CCC4)nc(C45CC6CC(CC(C6)C4)C5)n3)c2)n1. The van der Waals surface area contributed by atoms with Crippen LogP contribution in [-0.2, 0) is 12.5 Å². The fourth-order valence-corrected chi connectivity index (χ4v) is 8.72. The number of hydrogen-bond donors (Lipinski definition) is 0. The van der Waals surface area contributed by atoms with E-state index in [2.05, 4.69) is 61.2 Å². The van der Waals surface area contributed by atoms with E-state index in [-0.39, 0.29) is 5.41 Å².